The molecule has 1 aliphatic carbocycles. The number of morpholine rings is 1. The Morgan fingerprint density at radius 1 is 1.08 bits per heavy atom. The average molecular weight is 351 g/mol. The van der Waals surface area contributed by atoms with Crippen LogP contribution in [0.2, 0.25) is 0 Å². The molecule has 0 amide bonds. The van der Waals surface area contributed by atoms with Crippen LogP contribution in [0.15, 0.2) is 18.3 Å². The first-order valence-electron chi connectivity index (χ1n) is 9.75. The second-order valence-electron chi connectivity index (χ2n) is 7.49. The predicted octanol–water partition coefficient (Wildman–Crippen LogP) is 2.46. The van der Waals surface area contributed by atoms with Gasteiger partial charge in [-0.15, -0.1) is 0 Å². The minimum atomic E-state index is 0.545. The molecule has 6 nitrogen and oxygen atoms in total. The van der Waals surface area contributed by atoms with E-state index in [0.29, 0.717) is 6.04 Å². The summed E-state index contributed by atoms with van der Waals surface area (Å²) in [4.78, 5) is 19.2. The molecule has 0 aromatic carbocycles. The highest BCUT2D eigenvalue weighted by atomic mass is 16.5. The molecule has 26 heavy (non-hydrogen) atoms. The molecule has 2 saturated heterocycles. The number of hydrogen-bond acceptors (Lipinski definition) is 6. The van der Waals surface area contributed by atoms with Gasteiger partial charge in [-0.2, -0.15) is 0 Å². The van der Waals surface area contributed by atoms with E-state index >= 15 is 0 Å². The number of aryl methyl sites for hydroxylation is 1. The largest absolute Gasteiger partial charge is 0.378 e. The third-order valence-corrected chi connectivity index (χ3v) is 5.85. The Hall–Kier alpha value is -2.21. The summed E-state index contributed by atoms with van der Waals surface area (Å²) in [6.45, 7) is 6.69. The van der Waals surface area contributed by atoms with Crippen LogP contribution >= 0.6 is 0 Å². The van der Waals surface area contributed by atoms with Gasteiger partial charge in [0.1, 0.15) is 5.82 Å². The summed E-state index contributed by atoms with van der Waals surface area (Å²) in [6, 6.07) is 4.84. The normalized spacial score (nSPS) is 22.3. The van der Waals surface area contributed by atoms with Gasteiger partial charge in [-0.3, -0.25) is 0 Å². The van der Waals surface area contributed by atoms with Crippen LogP contribution in [0.3, 0.4) is 0 Å². The maximum Gasteiger partial charge on any atom is 0.226 e. The van der Waals surface area contributed by atoms with Crippen molar-refractivity contribution in [2.24, 2.45) is 0 Å². The van der Waals surface area contributed by atoms with Crippen molar-refractivity contribution in [1.82, 2.24) is 15.0 Å². The van der Waals surface area contributed by atoms with Crippen molar-refractivity contribution in [3.63, 3.8) is 0 Å². The molecule has 5 rings (SSSR count). The quantitative estimate of drug-likeness (QED) is 0.847. The Bertz CT molecular complexity index is 801. The molecule has 0 unspecified atom stereocenters. The van der Waals surface area contributed by atoms with E-state index in [2.05, 4.69) is 28.9 Å². The number of ether oxygens (including phenoxy) is 1. The Balaban J connectivity index is 1.49. The van der Waals surface area contributed by atoms with Crippen LogP contribution in [-0.2, 0) is 17.6 Å². The van der Waals surface area contributed by atoms with Crippen molar-refractivity contribution >= 4 is 11.8 Å². The highest BCUT2D eigenvalue weighted by molar-refractivity contribution is 5.67. The van der Waals surface area contributed by atoms with Gasteiger partial charge in [0, 0.05) is 48.7 Å². The molecule has 136 valence electrons. The third-order valence-electron chi connectivity index (χ3n) is 5.85. The minimum Gasteiger partial charge on any atom is -0.378 e. The van der Waals surface area contributed by atoms with Crippen LogP contribution in [-0.4, -0.2) is 53.8 Å². The van der Waals surface area contributed by atoms with Gasteiger partial charge in [0.05, 0.1) is 18.9 Å². The summed E-state index contributed by atoms with van der Waals surface area (Å²) in [5.74, 6) is 1.93. The second-order valence-corrected chi connectivity index (χ2v) is 7.49. The first-order chi connectivity index (χ1) is 12.8. The van der Waals surface area contributed by atoms with Crippen molar-refractivity contribution in [2.75, 3.05) is 42.6 Å². The van der Waals surface area contributed by atoms with Gasteiger partial charge in [-0.1, -0.05) is 0 Å². The zero-order valence-corrected chi connectivity index (χ0v) is 15.3. The summed E-state index contributed by atoms with van der Waals surface area (Å²) < 4.78 is 5.43. The summed E-state index contributed by atoms with van der Waals surface area (Å²) in [5.41, 5.74) is 4.75. The lowest BCUT2D eigenvalue weighted by atomic mass is 10.1. The molecule has 2 aliphatic heterocycles. The van der Waals surface area contributed by atoms with Crippen LogP contribution in [0, 0.1) is 0 Å². The monoisotopic (exact) mass is 351 g/mol. The van der Waals surface area contributed by atoms with E-state index in [4.69, 9.17) is 19.7 Å². The average Bonchev–Trinajstić information content (AvgIpc) is 3.16. The fourth-order valence-corrected chi connectivity index (χ4v) is 4.11. The molecule has 0 saturated carbocycles. The number of aromatic nitrogens is 3. The van der Waals surface area contributed by atoms with Gasteiger partial charge in [-0.25, -0.2) is 15.0 Å². The minimum absolute atomic E-state index is 0.545. The highest BCUT2D eigenvalue weighted by Gasteiger charge is 2.29. The van der Waals surface area contributed by atoms with E-state index in [1.807, 2.05) is 6.20 Å². The number of fused-ring (bicyclic) bond motifs is 1. The molecular formula is C20H25N5O. The van der Waals surface area contributed by atoms with E-state index in [1.54, 1.807) is 0 Å². The number of rotatable bonds is 3. The van der Waals surface area contributed by atoms with Crippen molar-refractivity contribution in [2.45, 2.75) is 38.6 Å². The summed E-state index contributed by atoms with van der Waals surface area (Å²) in [7, 11) is 0. The first-order valence-corrected chi connectivity index (χ1v) is 9.75. The van der Waals surface area contributed by atoms with Gasteiger partial charge >= 0.3 is 0 Å². The van der Waals surface area contributed by atoms with Gasteiger partial charge < -0.3 is 14.5 Å². The molecule has 0 bridgehead atoms. The zero-order chi connectivity index (χ0) is 17.5. The Labute approximate surface area is 154 Å². The van der Waals surface area contributed by atoms with Gasteiger partial charge in [0.2, 0.25) is 5.95 Å². The first kappa shape index (κ1) is 16.0. The van der Waals surface area contributed by atoms with Gasteiger partial charge in [0.15, 0.2) is 0 Å². The van der Waals surface area contributed by atoms with E-state index in [0.717, 1.165) is 68.7 Å². The lowest BCUT2D eigenvalue weighted by molar-refractivity contribution is 0.122. The highest BCUT2D eigenvalue weighted by Crippen LogP contribution is 2.34. The zero-order valence-electron chi connectivity index (χ0n) is 15.3. The number of nitrogens with zero attached hydrogens (tertiary/aromatic N) is 5. The lowest BCUT2D eigenvalue weighted by Crippen LogP contribution is -2.46. The molecule has 1 atom stereocenters. The van der Waals surface area contributed by atoms with E-state index < -0.39 is 0 Å². The van der Waals surface area contributed by atoms with E-state index in [9.17, 15) is 0 Å². The summed E-state index contributed by atoms with van der Waals surface area (Å²) in [5, 5.41) is 0. The fraction of sp³-hybridized carbons (Fsp3) is 0.550. The van der Waals surface area contributed by atoms with Crippen LogP contribution in [0.25, 0.3) is 11.3 Å². The van der Waals surface area contributed by atoms with Crippen LogP contribution in [0.5, 0.6) is 0 Å². The number of hydrogen-bond donors (Lipinski definition) is 0. The van der Waals surface area contributed by atoms with Crippen LogP contribution in [0.1, 0.15) is 31.0 Å². The molecule has 2 aromatic rings. The summed E-state index contributed by atoms with van der Waals surface area (Å²) >= 11 is 0. The topological polar surface area (TPSA) is 54.4 Å². The summed E-state index contributed by atoms with van der Waals surface area (Å²) in [6.07, 6.45) is 6.53. The standard InChI is InChI=1S/C20H25N5O/c1-14-7-8-25(14)20-22-17-4-2-3-16(17)19(23-20)15-5-6-18(21-13-15)24-9-11-26-12-10-24/h5-6,13-14H,2-4,7-12H2,1H3/t14-/m0/s1. The maximum absolute atomic E-state index is 5.43. The third kappa shape index (κ3) is 2.72. The Morgan fingerprint density at radius 2 is 1.96 bits per heavy atom. The van der Waals surface area contributed by atoms with Crippen molar-refractivity contribution < 1.29 is 4.74 Å². The van der Waals surface area contributed by atoms with Crippen molar-refractivity contribution in [3.8, 4) is 11.3 Å². The Morgan fingerprint density at radius 3 is 2.65 bits per heavy atom. The SMILES string of the molecule is C[C@H]1CCN1c1nc2c(c(-c3ccc(N4CCOCC4)nc3)n1)CCC2. The van der Waals surface area contributed by atoms with Gasteiger partial charge in [-0.05, 0) is 44.7 Å². The number of anilines is 2. The second kappa shape index (κ2) is 6.50. The van der Waals surface area contributed by atoms with E-state index in [-0.39, 0.29) is 0 Å². The smallest absolute Gasteiger partial charge is 0.226 e. The van der Waals surface area contributed by atoms with Crippen LogP contribution in [0.4, 0.5) is 11.8 Å². The molecule has 2 aromatic heterocycles. The number of pyridine rings is 1. The molecule has 4 heterocycles. The molecule has 0 radical (unpaired) electrons. The van der Waals surface area contributed by atoms with E-state index in [1.165, 1.54) is 24.1 Å². The molecule has 6 heteroatoms. The maximum atomic E-state index is 5.43. The van der Waals surface area contributed by atoms with Crippen molar-refractivity contribution in [3.05, 3.63) is 29.6 Å². The Kier molecular flexibility index (Phi) is 4.00. The lowest BCUT2D eigenvalue weighted by Gasteiger charge is -2.39. The van der Waals surface area contributed by atoms with Crippen molar-refractivity contribution in [1.29, 1.82) is 0 Å². The van der Waals surface area contributed by atoms with Crippen LogP contribution < -0.4 is 9.80 Å². The van der Waals surface area contributed by atoms with Gasteiger partial charge in [0.25, 0.3) is 0 Å². The predicted molar refractivity (Wildman–Crippen MR) is 102 cm³/mol. The fourth-order valence-electron chi connectivity index (χ4n) is 4.11. The molecule has 0 N–H and O–H groups in total. The molecule has 0 spiro atoms. The molecule has 2 fully saturated rings. The molecular weight excluding hydrogens is 326 g/mol. The molecule has 3 aliphatic rings.